The van der Waals surface area contributed by atoms with Gasteiger partial charge in [-0.3, -0.25) is 14.5 Å². The van der Waals surface area contributed by atoms with Crippen molar-refractivity contribution >= 4 is 98.2 Å². The zero-order chi connectivity index (χ0) is 30.4. The van der Waals surface area contributed by atoms with Gasteiger partial charge in [-0.25, -0.2) is 17.8 Å². The van der Waals surface area contributed by atoms with Crippen molar-refractivity contribution in [3.8, 4) is 0 Å². The maximum atomic E-state index is 13.0. The summed E-state index contributed by atoms with van der Waals surface area (Å²) in [5, 5.41) is 13.1. The molecule has 10 nitrogen and oxygen atoms in total. The average molecular weight is 711 g/mol. The highest BCUT2D eigenvalue weighted by molar-refractivity contribution is 8.01. The molecule has 0 aliphatic carbocycles. The molecule has 0 unspecified atom stereocenters. The lowest BCUT2D eigenvalue weighted by atomic mass is 10.0. The third-order valence-corrected chi connectivity index (χ3v) is 12.2. The summed E-state index contributed by atoms with van der Waals surface area (Å²) >= 11 is 17.6. The van der Waals surface area contributed by atoms with Gasteiger partial charge in [-0.1, -0.05) is 23.2 Å². The molecule has 1 aromatic heterocycles. The molecule has 17 heteroatoms. The lowest BCUT2D eigenvalue weighted by Gasteiger charge is -2.49. The molecule has 0 bridgehead atoms. The van der Waals surface area contributed by atoms with Crippen LogP contribution in [0.15, 0.2) is 63.8 Å². The lowest BCUT2D eigenvalue weighted by Crippen LogP contribution is -2.70. The average Bonchev–Trinajstić information content (AvgIpc) is 2.94. The third-order valence-electron chi connectivity index (χ3n) is 6.06. The van der Waals surface area contributed by atoms with Gasteiger partial charge in [0.15, 0.2) is 18.9 Å². The van der Waals surface area contributed by atoms with Crippen LogP contribution in [-0.4, -0.2) is 86.7 Å². The Morgan fingerprint density at radius 2 is 1.90 bits per heavy atom. The summed E-state index contributed by atoms with van der Waals surface area (Å²) < 4.78 is 33.9. The molecule has 2 atom stereocenters. The number of carboxylic acids is 1. The molecule has 2 N–H and O–H groups in total. The van der Waals surface area contributed by atoms with Crippen LogP contribution in [0.3, 0.4) is 0 Å². The first-order chi connectivity index (χ1) is 19.9. The fraction of sp³-hybridized carbons (Fsp3) is 0.360. The first-order valence-corrected chi connectivity index (χ1v) is 18.8. The molecule has 3 heterocycles. The molecular formula is C25H25Cl2N3O7S5. The van der Waals surface area contributed by atoms with Gasteiger partial charge in [0.25, 0.3) is 5.91 Å². The molecule has 4 rings (SSSR count). The Balaban J connectivity index is 1.28. The Morgan fingerprint density at radius 3 is 2.60 bits per heavy atom. The van der Waals surface area contributed by atoms with E-state index >= 15 is 0 Å². The van der Waals surface area contributed by atoms with E-state index in [0.717, 1.165) is 4.90 Å². The monoisotopic (exact) mass is 709 g/mol. The summed E-state index contributed by atoms with van der Waals surface area (Å²) in [6.45, 7) is 0.642. The number of carboxylic acid groups (broad SMARTS) is 1. The fourth-order valence-corrected chi connectivity index (χ4v) is 9.54. The molecule has 42 heavy (non-hydrogen) atoms. The largest absolute Gasteiger partial charge is 0.748 e. The molecule has 1 fully saturated rings. The normalized spacial score (nSPS) is 18.5. The third kappa shape index (κ3) is 8.97. The van der Waals surface area contributed by atoms with Crippen molar-refractivity contribution in [3.63, 3.8) is 0 Å². The summed E-state index contributed by atoms with van der Waals surface area (Å²) in [7, 11) is -4.20. The number of nitrogens with zero attached hydrogens (tertiary/aromatic N) is 2. The maximum Gasteiger partial charge on any atom is 0.352 e. The number of rotatable bonds is 14. The number of halogens is 2. The summed E-state index contributed by atoms with van der Waals surface area (Å²) in [4.78, 5) is 40.5. The minimum absolute atomic E-state index is 0.0203. The first kappa shape index (κ1) is 33.3. The lowest BCUT2D eigenvalue weighted by molar-refractivity contribution is -0.692. The molecule has 0 radical (unpaired) electrons. The number of β-lactam (4-membered cyclic amide) rings is 1. The Morgan fingerprint density at radius 1 is 1.17 bits per heavy atom. The Hall–Kier alpha value is -1.59. The number of pyridine rings is 1. The number of benzene rings is 1. The number of aliphatic carboxylic acids is 1. The molecular weight excluding hydrogens is 686 g/mol. The van der Waals surface area contributed by atoms with Crippen LogP contribution < -0.4 is 9.88 Å². The number of nitrogens with one attached hydrogen (secondary N) is 1. The number of amides is 2. The van der Waals surface area contributed by atoms with Gasteiger partial charge in [0, 0.05) is 50.0 Å². The molecule has 1 aromatic carbocycles. The van der Waals surface area contributed by atoms with Gasteiger partial charge in [0.1, 0.15) is 17.1 Å². The minimum atomic E-state index is -4.20. The van der Waals surface area contributed by atoms with Crippen molar-refractivity contribution in [2.45, 2.75) is 27.8 Å². The molecule has 1 saturated heterocycles. The zero-order valence-corrected chi connectivity index (χ0v) is 27.3. The van der Waals surface area contributed by atoms with E-state index in [1.807, 2.05) is 29.1 Å². The quantitative estimate of drug-likeness (QED) is 0.0980. The van der Waals surface area contributed by atoms with Gasteiger partial charge < -0.3 is 15.0 Å². The van der Waals surface area contributed by atoms with Crippen LogP contribution in [0.5, 0.6) is 0 Å². The first-order valence-electron chi connectivity index (χ1n) is 12.3. The number of hydrogen-bond acceptors (Lipinski definition) is 10. The SMILES string of the molecule is O=C(CSc1cc(Cl)ccc1Cl)N[C@@H]1C(=O)N2C(C(=O)O)=C(CSc3cc[n+](CCSCCS(=O)(=O)[O-])cc3)CS[C@H]12. The van der Waals surface area contributed by atoms with E-state index < -0.39 is 33.4 Å². The van der Waals surface area contributed by atoms with Crippen LogP contribution in [0, 0.1) is 0 Å². The Bertz CT molecular complexity index is 1490. The van der Waals surface area contributed by atoms with E-state index in [0.29, 0.717) is 44.3 Å². The molecule has 0 saturated carbocycles. The molecule has 2 aromatic rings. The van der Waals surface area contributed by atoms with E-state index in [1.165, 1.54) is 51.9 Å². The predicted molar refractivity (Wildman–Crippen MR) is 166 cm³/mol. The van der Waals surface area contributed by atoms with Crippen LogP contribution in [0.4, 0.5) is 0 Å². The van der Waals surface area contributed by atoms with E-state index in [-0.39, 0.29) is 28.9 Å². The molecule has 226 valence electrons. The zero-order valence-electron chi connectivity index (χ0n) is 21.7. The number of hydrogen-bond donors (Lipinski definition) is 2. The van der Waals surface area contributed by atoms with Crippen molar-refractivity contribution in [3.05, 3.63) is 64.0 Å². The number of thioether (sulfide) groups is 4. The number of fused-ring (bicyclic) bond motifs is 1. The summed E-state index contributed by atoms with van der Waals surface area (Å²) in [5.74, 6) is -0.687. The van der Waals surface area contributed by atoms with Gasteiger partial charge in [-0.15, -0.1) is 35.3 Å². The summed E-state index contributed by atoms with van der Waals surface area (Å²) in [6, 6.07) is 7.92. The van der Waals surface area contributed by atoms with E-state index in [4.69, 9.17) is 23.2 Å². The number of aryl methyl sites for hydroxylation is 1. The maximum absolute atomic E-state index is 13.0. The Kier molecular flexibility index (Phi) is 11.8. The fourth-order valence-electron chi connectivity index (χ4n) is 4.03. The van der Waals surface area contributed by atoms with Crippen LogP contribution in [-0.2, 0) is 31.0 Å². The second-order valence-corrected chi connectivity index (χ2v) is 15.8. The van der Waals surface area contributed by atoms with Crippen molar-refractivity contribution in [1.82, 2.24) is 10.2 Å². The van der Waals surface area contributed by atoms with E-state index in [1.54, 1.807) is 18.2 Å². The standard InChI is InChI=1S/C25H25Cl2N3O7S5/c26-16-1-2-18(27)19(11-16)40-14-20(31)28-21-23(32)30-22(25(33)34)15(13-41-24(21)30)12-39-17-3-5-29(6-4-17)7-8-38-9-10-42(35,36)37/h1-6,11,21,24H,7-10,12-14H2,(H2-,28,31,33,34,35,36,37)/t21-,24-/m1/s1. The van der Waals surface area contributed by atoms with Crippen molar-refractivity contribution in [1.29, 1.82) is 0 Å². The van der Waals surface area contributed by atoms with Crippen LogP contribution in [0.2, 0.25) is 10.0 Å². The highest BCUT2D eigenvalue weighted by Gasteiger charge is 2.54. The van der Waals surface area contributed by atoms with Crippen LogP contribution in [0.25, 0.3) is 0 Å². The van der Waals surface area contributed by atoms with Crippen LogP contribution >= 0.6 is 70.2 Å². The minimum Gasteiger partial charge on any atom is -0.748 e. The second kappa shape index (κ2) is 14.9. The molecule has 2 aliphatic rings. The summed E-state index contributed by atoms with van der Waals surface area (Å²) in [6.07, 6.45) is 3.74. The van der Waals surface area contributed by atoms with Gasteiger partial charge in [0.2, 0.25) is 5.91 Å². The summed E-state index contributed by atoms with van der Waals surface area (Å²) in [5.41, 5.74) is 0.587. The van der Waals surface area contributed by atoms with Crippen molar-refractivity contribution in [2.75, 3.05) is 34.5 Å². The van der Waals surface area contributed by atoms with E-state index in [9.17, 15) is 32.5 Å². The van der Waals surface area contributed by atoms with Gasteiger partial charge >= 0.3 is 5.97 Å². The van der Waals surface area contributed by atoms with E-state index in [2.05, 4.69) is 5.32 Å². The Labute approximate surface area is 270 Å². The predicted octanol–water partition coefficient (Wildman–Crippen LogP) is 3.18. The number of carbonyl (C=O) groups excluding carboxylic acids is 2. The topological polar surface area (TPSA) is 148 Å². The van der Waals surface area contributed by atoms with Gasteiger partial charge in [-0.2, -0.15) is 11.8 Å². The highest BCUT2D eigenvalue weighted by Crippen LogP contribution is 2.41. The van der Waals surface area contributed by atoms with Crippen LogP contribution in [0.1, 0.15) is 0 Å². The molecule has 0 spiro atoms. The number of carbonyl (C=O) groups is 3. The van der Waals surface area contributed by atoms with Crippen molar-refractivity contribution in [2.24, 2.45) is 0 Å². The highest BCUT2D eigenvalue weighted by atomic mass is 35.5. The smallest absolute Gasteiger partial charge is 0.352 e. The van der Waals surface area contributed by atoms with Gasteiger partial charge in [-0.05, 0) is 23.8 Å². The molecule has 2 aliphatic heterocycles. The number of aromatic nitrogens is 1. The molecule has 2 amide bonds. The van der Waals surface area contributed by atoms with Crippen molar-refractivity contribution < 1.29 is 37.0 Å². The van der Waals surface area contributed by atoms with Gasteiger partial charge in [0.05, 0.1) is 26.6 Å². The second-order valence-electron chi connectivity index (χ2n) is 9.01.